The van der Waals surface area contributed by atoms with E-state index in [0.29, 0.717) is 12.4 Å². The van der Waals surface area contributed by atoms with Crippen LogP contribution in [0, 0.1) is 0 Å². The first-order valence-corrected chi connectivity index (χ1v) is 6.89. The maximum atomic E-state index is 5.72. The smallest absolute Gasteiger partial charge is 0.218 e. The predicted molar refractivity (Wildman–Crippen MR) is 78.5 cm³/mol. The van der Waals surface area contributed by atoms with Crippen molar-refractivity contribution in [3.05, 3.63) is 42.1 Å². The molecule has 2 heterocycles. The molecule has 0 aliphatic rings. The number of imidazole rings is 1. The molecule has 2 aromatic heterocycles. The maximum absolute atomic E-state index is 5.72. The van der Waals surface area contributed by atoms with Gasteiger partial charge in [0, 0.05) is 37.7 Å². The van der Waals surface area contributed by atoms with E-state index in [1.807, 2.05) is 50.0 Å². The fourth-order valence-corrected chi connectivity index (χ4v) is 2.04. The SMILES string of the molecule is CC(C)Oc1ncccc1CNC(C)c1nccn1C. The standard InChI is InChI=1S/C15H22N4O/c1-11(2)20-15-13(6-5-7-17-15)10-18-12(3)14-16-8-9-19(14)4/h5-9,11-12,18H,10H2,1-4H3. The third-order valence-corrected chi connectivity index (χ3v) is 3.04. The van der Waals surface area contributed by atoms with E-state index in [1.54, 1.807) is 6.20 Å². The highest BCUT2D eigenvalue weighted by Gasteiger charge is 2.12. The number of nitrogens with one attached hydrogen (secondary N) is 1. The highest BCUT2D eigenvalue weighted by atomic mass is 16.5. The summed E-state index contributed by atoms with van der Waals surface area (Å²) in [6, 6.07) is 4.13. The van der Waals surface area contributed by atoms with Crippen molar-refractivity contribution < 1.29 is 4.74 Å². The van der Waals surface area contributed by atoms with Gasteiger partial charge in [0.1, 0.15) is 5.82 Å². The second-order valence-electron chi connectivity index (χ2n) is 5.13. The Morgan fingerprint density at radius 2 is 2.05 bits per heavy atom. The lowest BCUT2D eigenvalue weighted by atomic mass is 10.2. The number of nitrogens with zero attached hydrogens (tertiary/aromatic N) is 3. The van der Waals surface area contributed by atoms with Crippen molar-refractivity contribution >= 4 is 0 Å². The fourth-order valence-electron chi connectivity index (χ4n) is 2.04. The minimum absolute atomic E-state index is 0.121. The molecule has 108 valence electrons. The van der Waals surface area contributed by atoms with Gasteiger partial charge >= 0.3 is 0 Å². The largest absolute Gasteiger partial charge is 0.475 e. The summed E-state index contributed by atoms with van der Waals surface area (Å²) in [7, 11) is 2.00. The highest BCUT2D eigenvalue weighted by molar-refractivity contribution is 5.25. The van der Waals surface area contributed by atoms with E-state index in [9.17, 15) is 0 Å². The van der Waals surface area contributed by atoms with Crippen LogP contribution in [0.1, 0.15) is 38.2 Å². The quantitative estimate of drug-likeness (QED) is 0.879. The molecule has 0 aromatic carbocycles. The van der Waals surface area contributed by atoms with Crippen molar-refractivity contribution in [1.82, 2.24) is 19.9 Å². The monoisotopic (exact) mass is 274 g/mol. The molecule has 0 saturated heterocycles. The second kappa shape index (κ2) is 6.52. The minimum atomic E-state index is 0.121. The summed E-state index contributed by atoms with van der Waals surface area (Å²) in [4.78, 5) is 8.65. The van der Waals surface area contributed by atoms with Crippen LogP contribution in [0.25, 0.3) is 0 Å². The van der Waals surface area contributed by atoms with Crippen LogP contribution in [0.15, 0.2) is 30.7 Å². The fraction of sp³-hybridized carbons (Fsp3) is 0.467. The van der Waals surface area contributed by atoms with E-state index in [4.69, 9.17) is 4.74 Å². The normalized spacial score (nSPS) is 12.7. The Bertz CT molecular complexity index is 550. The average Bonchev–Trinajstić information content (AvgIpc) is 2.83. The third-order valence-electron chi connectivity index (χ3n) is 3.04. The van der Waals surface area contributed by atoms with Crippen LogP contribution >= 0.6 is 0 Å². The Labute approximate surface area is 120 Å². The number of pyridine rings is 1. The van der Waals surface area contributed by atoms with Crippen LogP contribution in [0.2, 0.25) is 0 Å². The lowest BCUT2D eigenvalue weighted by Gasteiger charge is -2.16. The molecule has 5 nitrogen and oxygen atoms in total. The van der Waals surface area contributed by atoms with Crippen molar-refractivity contribution in [3.63, 3.8) is 0 Å². The van der Waals surface area contributed by atoms with Gasteiger partial charge in [0.05, 0.1) is 12.1 Å². The Morgan fingerprint density at radius 1 is 1.25 bits per heavy atom. The first kappa shape index (κ1) is 14.5. The summed E-state index contributed by atoms with van der Waals surface area (Å²) in [6.07, 6.45) is 5.63. The van der Waals surface area contributed by atoms with Gasteiger partial charge in [-0.15, -0.1) is 0 Å². The van der Waals surface area contributed by atoms with Crippen LogP contribution in [-0.4, -0.2) is 20.6 Å². The van der Waals surface area contributed by atoms with Crippen LogP contribution in [-0.2, 0) is 13.6 Å². The third kappa shape index (κ3) is 3.57. The van der Waals surface area contributed by atoms with Gasteiger partial charge in [-0.05, 0) is 26.8 Å². The second-order valence-corrected chi connectivity index (χ2v) is 5.13. The van der Waals surface area contributed by atoms with Crippen LogP contribution in [0.3, 0.4) is 0 Å². The summed E-state index contributed by atoms with van der Waals surface area (Å²) < 4.78 is 7.74. The minimum Gasteiger partial charge on any atom is -0.475 e. The number of aryl methyl sites for hydroxylation is 1. The highest BCUT2D eigenvalue weighted by Crippen LogP contribution is 2.17. The van der Waals surface area contributed by atoms with Gasteiger partial charge in [-0.3, -0.25) is 0 Å². The molecule has 5 heteroatoms. The molecule has 1 unspecified atom stereocenters. The zero-order valence-corrected chi connectivity index (χ0v) is 12.5. The van der Waals surface area contributed by atoms with Gasteiger partial charge in [0.25, 0.3) is 0 Å². The summed E-state index contributed by atoms with van der Waals surface area (Å²) in [6.45, 7) is 6.80. The molecular weight excluding hydrogens is 252 g/mol. The lowest BCUT2D eigenvalue weighted by molar-refractivity contribution is 0.229. The molecule has 0 amide bonds. The van der Waals surface area contributed by atoms with Gasteiger partial charge in [-0.1, -0.05) is 6.07 Å². The molecule has 0 aliphatic carbocycles. The number of hydrogen-bond acceptors (Lipinski definition) is 4. The first-order valence-electron chi connectivity index (χ1n) is 6.89. The van der Waals surface area contributed by atoms with Crippen molar-refractivity contribution in [2.75, 3.05) is 0 Å². The van der Waals surface area contributed by atoms with E-state index in [1.165, 1.54) is 0 Å². The molecule has 0 radical (unpaired) electrons. The van der Waals surface area contributed by atoms with Crippen molar-refractivity contribution in [1.29, 1.82) is 0 Å². The summed E-state index contributed by atoms with van der Waals surface area (Å²) in [5.41, 5.74) is 1.06. The van der Waals surface area contributed by atoms with Gasteiger partial charge in [0.15, 0.2) is 0 Å². The summed E-state index contributed by atoms with van der Waals surface area (Å²) >= 11 is 0. The molecular formula is C15H22N4O. The van der Waals surface area contributed by atoms with Crippen molar-refractivity contribution in [2.45, 2.75) is 39.5 Å². The van der Waals surface area contributed by atoms with E-state index in [2.05, 4.69) is 22.2 Å². The summed E-state index contributed by atoms with van der Waals surface area (Å²) in [5, 5.41) is 3.45. The number of rotatable bonds is 6. The van der Waals surface area contributed by atoms with Crippen LogP contribution in [0.4, 0.5) is 0 Å². The molecule has 2 aromatic rings. The Hall–Kier alpha value is -1.88. The van der Waals surface area contributed by atoms with E-state index < -0.39 is 0 Å². The van der Waals surface area contributed by atoms with Gasteiger partial charge in [-0.2, -0.15) is 0 Å². The zero-order valence-electron chi connectivity index (χ0n) is 12.5. The van der Waals surface area contributed by atoms with Gasteiger partial charge in [-0.25, -0.2) is 9.97 Å². The molecule has 1 N–H and O–H groups in total. The lowest BCUT2D eigenvalue weighted by Crippen LogP contribution is -2.22. The van der Waals surface area contributed by atoms with Crippen LogP contribution in [0.5, 0.6) is 5.88 Å². The molecule has 1 atom stereocenters. The Kier molecular flexibility index (Phi) is 4.74. The van der Waals surface area contributed by atoms with Gasteiger partial charge < -0.3 is 14.6 Å². The molecule has 2 rings (SSSR count). The van der Waals surface area contributed by atoms with Gasteiger partial charge in [0.2, 0.25) is 5.88 Å². The number of ether oxygens (including phenoxy) is 1. The first-order chi connectivity index (χ1) is 9.58. The van der Waals surface area contributed by atoms with E-state index >= 15 is 0 Å². The molecule has 20 heavy (non-hydrogen) atoms. The number of aromatic nitrogens is 3. The van der Waals surface area contributed by atoms with E-state index in [-0.39, 0.29) is 12.1 Å². The number of hydrogen-bond donors (Lipinski definition) is 1. The molecule has 0 saturated carbocycles. The predicted octanol–water partition coefficient (Wildman–Crippen LogP) is 2.45. The van der Waals surface area contributed by atoms with Crippen LogP contribution < -0.4 is 10.1 Å². The van der Waals surface area contributed by atoms with Crippen molar-refractivity contribution in [3.8, 4) is 5.88 Å². The van der Waals surface area contributed by atoms with E-state index in [0.717, 1.165) is 11.4 Å². The molecule has 0 spiro atoms. The van der Waals surface area contributed by atoms with Crippen molar-refractivity contribution in [2.24, 2.45) is 7.05 Å². The zero-order chi connectivity index (χ0) is 14.5. The topological polar surface area (TPSA) is 52.0 Å². The summed E-state index contributed by atoms with van der Waals surface area (Å²) in [5.74, 6) is 1.71. The Morgan fingerprint density at radius 3 is 2.70 bits per heavy atom. The molecule has 0 fully saturated rings. The Balaban J connectivity index is 2.02. The molecule has 0 aliphatic heterocycles. The maximum Gasteiger partial charge on any atom is 0.218 e. The average molecular weight is 274 g/mol. The molecule has 0 bridgehead atoms.